The van der Waals surface area contributed by atoms with Crippen molar-refractivity contribution in [3.8, 4) is 11.4 Å². The standard InChI is InChI=1S/C22H22N6O2/c1-22(2)12-27(9-6-15-11-30-20-16(15)4-3-7-24-20)21-26-18(10-19(29)28(21)13-22)17-5-8-23-14-25-17/h3-5,7-8,10-11,14H,6,9,12-13H2,1-2H3. The Morgan fingerprint density at radius 3 is 2.87 bits per heavy atom. The first-order valence-corrected chi connectivity index (χ1v) is 9.94. The normalized spacial score (nSPS) is 15.3. The van der Waals surface area contributed by atoms with Crippen LogP contribution in [0, 0.1) is 5.41 Å². The summed E-state index contributed by atoms with van der Waals surface area (Å²) in [5.74, 6) is 0.682. The van der Waals surface area contributed by atoms with Gasteiger partial charge >= 0.3 is 0 Å². The minimum absolute atomic E-state index is 0.0467. The molecule has 152 valence electrons. The lowest BCUT2D eigenvalue weighted by Crippen LogP contribution is -2.48. The first-order valence-electron chi connectivity index (χ1n) is 9.94. The van der Waals surface area contributed by atoms with Crippen LogP contribution in [0.15, 0.2) is 58.5 Å². The number of anilines is 1. The highest BCUT2D eigenvalue weighted by molar-refractivity contribution is 5.77. The van der Waals surface area contributed by atoms with Gasteiger partial charge in [0, 0.05) is 54.5 Å². The number of nitrogens with zero attached hydrogens (tertiary/aromatic N) is 6. The Balaban J connectivity index is 1.51. The minimum Gasteiger partial charge on any atom is -0.446 e. The van der Waals surface area contributed by atoms with E-state index in [1.54, 1.807) is 35.4 Å². The number of aromatic nitrogens is 5. The third-order valence-corrected chi connectivity index (χ3v) is 5.40. The van der Waals surface area contributed by atoms with E-state index < -0.39 is 0 Å². The van der Waals surface area contributed by atoms with E-state index in [-0.39, 0.29) is 11.0 Å². The fraction of sp³-hybridized carbons (Fsp3) is 0.318. The van der Waals surface area contributed by atoms with Gasteiger partial charge in [-0.05, 0) is 24.6 Å². The summed E-state index contributed by atoms with van der Waals surface area (Å²) >= 11 is 0. The number of pyridine rings is 1. The van der Waals surface area contributed by atoms with Crippen molar-refractivity contribution in [3.05, 3.63) is 65.2 Å². The van der Waals surface area contributed by atoms with E-state index in [4.69, 9.17) is 9.40 Å². The molecular weight excluding hydrogens is 380 g/mol. The molecule has 0 aromatic carbocycles. The molecule has 0 bridgehead atoms. The van der Waals surface area contributed by atoms with Crippen LogP contribution in [-0.2, 0) is 13.0 Å². The molecule has 30 heavy (non-hydrogen) atoms. The molecule has 8 heteroatoms. The van der Waals surface area contributed by atoms with Gasteiger partial charge in [-0.3, -0.25) is 9.36 Å². The molecule has 8 nitrogen and oxygen atoms in total. The molecule has 0 fully saturated rings. The Hall–Kier alpha value is -3.55. The predicted octanol–water partition coefficient (Wildman–Crippen LogP) is 2.93. The Kier molecular flexibility index (Phi) is 4.34. The van der Waals surface area contributed by atoms with Crippen molar-refractivity contribution >= 4 is 17.0 Å². The van der Waals surface area contributed by atoms with Gasteiger partial charge in [-0.15, -0.1) is 0 Å². The predicted molar refractivity (Wildman–Crippen MR) is 113 cm³/mol. The van der Waals surface area contributed by atoms with Gasteiger partial charge in [-0.1, -0.05) is 13.8 Å². The van der Waals surface area contributed by atoms with E-state index in [0.717, 1.165) is 23.9 Å². The highest BCUT2D eigenvalue weighted by Crippen LogP contribution is 2.30. The quantitative estimate of drug-likeness (QED) is 0.518. The SMILES string of the molecule is CC1(C)CN(CCc2coc3ncccc23)c2nc(-c3ccncn3)cc(=O)n2C1. The van der Waals surface area contributed by atoms with Gasteiger partial charge in [-0.2, -0.15) is 0 Å². The van der Waals surface area contributed by atoms with E-state index in [1.165, 1.54) is 6.33 Å². The summed E-state index contributed by atoms with van der Waals surface area (Å²) in [7, 11) is 0. The second-order valence-corrected chi connectivity index (χ2v) is 8.41. The van der Waals surface area contributed by atoms with Crippen molar-refractivity contribution in [2.75, 3.05) is 18.0 Å². The molecule has 0 unspecified atom stereocenters. The maximum Gasteiger partial charge on any atom is 0.255 e. The number of hydrogen-bond acceptors (Lipinski definition) is 7. The molecule has 0 saturated carbocycles. The molecule has 1 aliphatic heterocycles. The van der Waals surface area contributed by atoms with Gasteiger partial charge in [0.05, 0.1) is 17.7 Å². The zero-order chi connectivity index (χ0) is 20.7. The highest BCUT2D eigenvalue weighted by Gasteiger charge is 2.32. The van der Waals surface area contributed by atoms with Crippen LogP contribution in [0.25, 0.3) is 22.5 Å². The summed E-state index contributed by atoms with van der Waals surface area (Å²) < 4.78 is 7.35. The van der Waals surface area contributed by atoms with Gasteiger partial charge in [0.1, 0.15) is 6.33 Å². The maximum absolute atomic E-state index is 12.9. The highest BCUT2D eigenvalue weighted by atomic mass is 16.3. The van der Waals surface area contributed by atoms with Crippen LogP contribution in [0.3, 0.4) is 0 Å². The van der Waals surface area contributed by atoms with Crippen molar-refractivity contribution in [1.29, 1.82) is 0 Å². The van der Waals surface area contributed by atoms with Crippen molar-refractivity contribution in [2.24, 2.45) is 5.41 Å². The van der Waals surface area contributed by atoms with Crippen LogP contribution in [-0.4, -0.2) is 37.6 Å². The molecule has 0 N–H and O–H groups in total. The van der Waals surface area contributed by atoms with Crippen LogP contribution in [0.5, 0.6) is 0 Å². The second kappa shape index (κ2) is 7.05. The average Bonchev–Trinajstić information content (AvgIpc) is 3.16. The molecule has 5 heterocycles. The topological polar surface area (TPSA) is 89.9 Å². The first-order chi connectivity index (χ1) is 14.5. The monoisotopic (exact) mass is 402 g/mol. The van der Waals surface area contributed by atoms with Gasteiger partial charge in [-0.25, -0.2) is 19.9 Å². The summed E-state index contributed by atoms with van der Waals surface area (Å²) in [6, 6.07) is 7.25. The Morgan fingerprint density at radius 1 is 1.13 bits per heavy atom. The minimum atomic E-state index is -0.0654. The largest absolute Gasteiger partial charge is 0.446 e. The smallest absolute Gasteiger partial charge is 0.255 e. The maximum atomic E-state index is 12.9. The zero-order valence-electron chi connectivity index (χ0n) is 16.9. The fourth-order valence-electron chi connectivity index (χ4n) is 4.07. The molecule has 5 rings (SSSR count). The van der Waals surface area contributed by atoms with Gasteiger partial charge in [0.25, 0.3) is 5.56 Å². The van der Waals surface area contributed by atoms with E-state index in [9.17, 15) is 4.79 Å². The molecule has 1 aliphatic rings. The van der Waals surface area contributed by atoms with Crippen LogP contribution < -0.4 is 10.5 Å². The van der Waals surface area contributed by atoms with E-state index in [2.05, 4.69) is 33.7 Å². The van der Waals surface area contributed by atoms with Crippen molar-refractivity contribution < 1.29 is 4.42 Å². The Labute approximate surface area is 173 Å². The first kappa shape index (κ1) is 18.5. The fourth-order valence-corrected chi connectivity index (χ4v) is 4.07. The van der Waals surface area contributed by atoms with Gasteiger partial charge in [0.2, 0.25) is 11.7 Å². The zero-order valence-corrected chi connectivity index (χ0v) is 16.9. The van der Waals surface area contributed by atoms with Crippen LogP contribution >= 0.6 is 0 Å². The third kappa shape index (κ3) is 3.34. The van der Waals surface area contributed by atoms with Crippen molar-refractivity contribution in [2.45, 2.75) is 26.8 Å². The molecule has 4 aromatic rings. The van der Waals surface area contributed by atoms with Crippen LogP contribution in [0.2, 0.25) is 0 Å². The van der Waals surface area contributed by atoms with E-state index >= 15 is 0 Å². The molecule has 0 atom stereocenters. The van der Waals surface area contributed by atoms with Crippen molar-refractivity contribution in [1.82, 2.24) is 24.5 Å². The lowest BCUT2D eigenvalue weighted by atomic mass is 9.91. The second-order valence-electron chi connectivity index (χ2n) is 8.41. The van der Waals surface area contributed by atoms with Crippen LogP contribution in [0.1, 0.15) is 19.4 Å². The van der Waals surface area contributed by atoms with Gasteiger partial charge in [0.15, 0.2) is 0 Å². The lowest BCUT2D eigenvalue weighted by Gasteiger charge is -2.40. The third-order valence-electron chi connectivity index (χ3n) is 5.40. The molecule has 4 aromatic heterocycles. The summed E-state index contributed by atoms with van der Waals surface area (Å²) in [6.07, 6.45) is 7.38. The summed E-state index contributed by atoms with van der Waals surface area (Å²) in [4.78, 5) is 32.4. The van der Waals surface area contributed by atoms with Gasteiger partial charge < -0.3 is 9.32 Å². The van der Waals surface area contributed by atoms with E-state index in [0.29, 0.717) is 36.1 Å². The van der Waals surface area contributed by atoms with Crippen molar-refractivity contribution in [3.63, 3.8) is 0 Å². The molecule has 0 saturated heterocycles. The molecule has 0 aliphatic carbocycles. The van der Waals surface area contributed by atoms with E-state index in [1.807, 2.05) is 12.1 Å². The average molecular weight is 402 g/mol. The summed E-state index contributed by atoms with van der Waals surface area (Å²) in [5.41, 5.74) is 2.84. The summed E-state index contributed by atoms with van der Waals surface area (Å²) in [6.45, 7) is 6.50. The number of fused-ring (bicyclic) bond motifs is 2. The molecular formula is C22H22N6O2. The molecule has 0 spiro atoms. The Morgan fingerprint density at radius 2 is 2.03 bits per heavy atom. The Bertz CT molecular complexity index is 1260. The number of rotatable bonds is 4. The molecule has 0 radical (unpaired) electrons. The summed E-state index contributed by atoms with van der Waals surface area (Å²) in [5, 5.41) is 1.02. The van der Waals surface area contributed by atoms with Crippen LogP contribution in [0.4, 0.5) is 5.95 Å². The number of furan rings is 1. The number of hydrogen-bond donors (Lipinski definition) is 0. The molecule has 0 amide bonds. The lowest BCUT2D eigenvalue weighted by molar-refractivity contribution is 0.274.